The zero-order valence-corrected chi connectivity index (χ0v) is 21.3. The van der Waals surface area contributed by atoms with Crippen LogP contribution in [0.5, 0.6) is 0 Å². The van der Waals surface area contributed by atoms with Gasteiger partial charge in [0.25, 0.3) is 5.91 Å². The first kappa shape index (κ1) is 25.3. The number of hydrogen-bond donors (Lipinski definition) is 0. The lowest BCUT2D eigenvalue weighted by Crippen LogP contribution is -2.48. The van der Waals surface area contributed by atoms with Crippen molar-refractivity contribution in [2.24, 2.45) is 0 Å². The van der Waals surface area contributed by atoms with Gasteiger partial charge >= 0.3 is 0 Å². The van der Waals surface area contributed by atoms with Gasteiger partial charge in [-0.1, -0.05) is 29.3 Å². The lowest BCUT2D eigenvalue weighted by molar-refractivity contribution is 0.0747. The van der Waals surface area contributed by atoms with Crippen molar-refractivity contribution in [1.82, 2.24) is 4.90 Å². The average Bonchev–Trinajstić information content (AvgIpc) is 2.83. The van der Waals surface area contributed by atoms with Crippen LogP contribution < -0.4 is 9.21 Å². The Labute approximate surface area is 214 Å². The van der Waals surface area contributed by atoms with E-state index in [1.807, 2.05) is 0 Å². The molecule has 184 valence electrons. The fourth-order valence-corrected chi connectivity index (χ4v) is 5.38. The van der Waals surface area contributed by atoms with Crippen molar-refractivity contribution >= 4 is 50.5 Å². The van der Waals surface area contributed by atoms with E-state index >= 15 is 0 Å². The molecule has 0 spiro atoms. The first-order chi connectivity index (χ1) is 16.6. The number of nitrogens with zero attached hydrogens (tertiary/aromatic N) is 3. The summed E-state index contributed by atoms with van der Waals surface area (Å²) in [6.07, 6.45) is 1.11. The maximum absolute atomic E-state index is 13.2. The third-order valence-electron chi connectivity index (χ3n) is 5.92. The lowest BCUT2D eigenvalue weighted by Gasteiger charge is -2.36. The van der Waals surface area contributed by atoms with Gasteiger partial charge in [0, 0.05) is 53.0 Å². The molecule has 3 aromatic carbocycles. The highest BCUT2D eigenvalue weighted by atomic mass is 35.5. The summed E-state index contributed by atoms with van der Waals surface area (Å²) in [5.41, 5.74) is 2.29. The lowest BCUT2D eigenvalue weighted by atomic mass is 10.1. The van der Waals surface area contributed by atoms with E-state index in [-0.39, 0.29) is 18.3 Å². The number of sulfonamides is 1. The molecule has 6 nitrogen and oxygen atoms in total. The summed E-state index contributed by atoms with van der Waals surface area (Å²) in [6, 6.07) is 17.8. The second kappa shape index (κ2) is 10.4. The van der Waals surface area contributed by atoms with E-state index in [1.165, 1.54) is 16.4 Å². The first-order valence-electron chi connectivity index (χ1n) is 10.9. The first-order valence-corrected chi connectivity index (χ1v) is 13.5. The molecule has 4 rings (SSSR count). The quantitative estimate of drug-likeness (QED) is 0.442. The number of benzene rings is 3. The van der Waals surface area contributed by atoms with Crippen molar-refractivity contribution < 1.29 is 17.6 Å². The molecule has 0 radical (unpaired) electrons. The standard InChI is InChI=1S/C25H24Cl2FN3O3S/c1-35(33,34)31(17-22-23(26)3-2-4-24(22)27)21-9-5-18(6-10-21)25(32)30-15-13-29(14-16-30)20-11-7-19(28)8-12-20/h2-12H,13-17H2,1H3. The van der Waals surface area contributed by atoms with E-state index in [2.05, 4.69) is 4.90 Å². The molecular weight excluding hydrogens is 512 g/mol. The monoisotopic (exact) mass is 535 g/mol. The number of anilines is 2. The average molecular weight is 536 g/mol. The molecule has 0 aromatic heterocycles. The van der Waals surface area contributed by atoms with Crippen LogP contribution >= 0.6 is 23.2 Å². The van der Waals surface area contributed by atoms with Crippen LogP contribution in [0.4, 0.5) is 15.8 Å². The summed E-state index contributed by atoms with van der Waals surface area (Å²) in [5.74, 6) is -0.411. The summed E-state index contributed by atoms with van der Waals surface area (Å²) >= 11 is 12.5. The van der Waals surface area contributed by atoms with Crippen LogP contribution in [0.2, 0.25) is 10.0 Å². The minimum Gasteiger partial charge on any atom is -0.368 e. The number of hydrogen-bond acceptors (Lipinski definition) is 4. The Morgan fingerprint density at radius 2 is 1.49 bits per heavy atom. The van der Waals surface area contributed by atoms with Crippen molar-refractivity contribution in [1.29, 1.82) is 0 Å². The Balaban J connectivity index is 1.46. The molecule has 10 heteroatoms. The van der Waals surface area contributed by atoms with Gasteiger partial charge in [0.05, 0.1) is 18.5 Å². The Hall–Kier alpha value is -2.81. The van der Waals surface area contributed by atoms with Crippen LogP contribution in [-0.2, 0) is 16.6 Å². The Bertz CT molecular complexity index is 1290. The van der Waals surface area contributed by atoms with Gasteiger partial charge in [-0.15, -0.1) is 0 Å². The second-order valence-corrected chi connectivity index (χ2v) is 11.0. The molecule has 0 saturated carbocycles. The molecule has 0 N–H and O–H groups in total. The van der Waals surface area contributed by atoms with Crippen LogP contribution in [0.3, 0.4) is 0 Å². The van der Waals surface area contributed by atoms with Gasteiger partial charge in [-0.2, -0.15) is 0 Å². The molecule has 1 heterocycles. The summed E-state index contributed by atoms with van der Waals surface area (Å²) in [4.78, 5) is 16.9. The van der Waals surface area contributed by atoms with E-state index < -0.39 is 10.0 Å². The van der Waals surface area contributed by atoms with E-state index in [9.17, 15) is 17.6 Å². The van der Waals surface area contributed by atoms with Crippen LogP contribution in [0, 0.1) is 5.82 Å². The van der Waals surface area contributed by atoms with Crippen molar-refractivity contribution in [3.8, 4) is 0 Å². The predicted molar refractivity (Wildman–Crippen MR) is 138 cm³/mol. The number of rotatable bonds is 6. The molecule has 1 saturated heterocycles. The highest BCUT2D eigenvalue weighted by Crippen LogP contribution is 2.29. The molecule has 3 aromatic rings. The Morgan fingerprint density at radius 1 is 0.914 bits per heavy atom. The summed E-state index contributed by atoms with van der Waals surface area (Å²) in [6.45, 7) is 2.29. The van der Waals surface area contributed by atoms with Crippen molar-refractivity contribution in [2.45, 2.75) is 6.54 Å². The van der Waals surface area contributed by atoms with Crippen molar-refractivity contribution in [3.05, 3.63) is 93.7 Å². The maximum Gasteiger partial charge on any atom is 0.253 e. The fourth-order valence-electron chi connectivity index (χ4n) is 4.00. The van der Waals surface area contributed by atoms with Crippen LogP contribution in [0.1, 0.15) is 15.9 Å². The topological polar surface area (TPSA) is 60.9 Å². The molecule has 0 atom stereocenters. The van der Waals surface area contributed by atoms with E-state index in [4.69, 9.17) is 23.2 Å². The number of carbonyl (C=O) groups is 1. The van der Waals surface area contributed by atoms with Gasteiger partial charge in [-0.3, -0.25) is 9.10 Å². The Kier molecular flexibility index (Phi) is 7.54. The predicted octanol–water partition coefficient (Wildman–Crippen LogP) is 5.06. The third-order valence-corrected chi connectivity index (χ3v) is 7.77. The zero-order valence-electron chi connectivity index (χ0n) is 19.0. The molecule has 1 fully saturated rings. The van der Waals surface area contributed by atoms with E-state index in [0.29, 0.717) is 53.0 Å². The molecular formula is C25H24Cl2FN3O3S. The second-order valence-electron chi connectivity index (χ2n) is 8.27. The van der Waals surface area contributed by atoms with Crippen LogP contribution in [0.25, 0.3) is 0 Å². The fraction of sp³-hybridized carbons (Fsp3) is 0.240. The summed E-state index contributed by atoms with van der Waals surface area (Å²) in [7, 11) is -3.65. The van der Waals surface area contributed by atoms with Crippen LogP contribution in [0.15, 0.2) is 66.7 Å². The molecule has 0 unspecified atom stereocenters. The highest BCUT2D eigenvalue weighted by molar-refractivity contribution is 7.92. The van der Waals surface area contributed by atoms with Crippen molar-refractivity contribution in [2.75, 3.05) is 41.6 Å². The highest BCUT2D eigenvalue weighted by Gasteiger charge is 2.24. The number of halogens is 3. The number of carbonyl (C=O) groups excluding carboxylic acids is 1. The summed E-state index contributed by atoms with van der Waals surface area (Å²) < 4.78 is 39.4. The number of piperazine rings is 1. The van der Waals surface area contributed by atoms with Crippen molar-refractivity contribution in [3.63, 3.8) is 0 Å². The Morgan fingerprint density at radius 3 is 2.03 bits per heavy atom. The van der Waals surface area contributed by atoms with Gasteiger partial charge in [-0.25, -0.2) is 12.8 Å². The van der Waals surface area contributed by atoms with Gasteiger partial charge in [-0.05, 0) is 60.7 Å². The van der Waals surface area contributed by atoms with E-state index in [1.54, 1.807) is 59.5 Å². The minimum absolute atomic E-state index is 0.0318. The zero-order chi connectivity index (χ0) is 25.2. The molecule has 1 aliphatic heterocycles. The minimum atomic E-state index is -3.65. The SMILES string of the molecule is CS(=O)(=O)N(Cc1c(Cl)cccc1Cl)c1ccc(C(=O)N2CCN(c3ccc(F)cc3)CC2)cc1. The smallest absolute Gasteiger partial charge is 0.253 e. The van der Waals surface area contributed by atoms with Crippen LogP contribution in [-0.4, -0.2) is 51.7 Å². The number of amides is 1. The molecule has 1 amide bonds. The molecule has 0 aliphatic carbocycles. The molecule has 35 heavy (non-hydrogen) atoms. The molecule has 0 bridgehead atoms. The molecule has 1 aliphatic rings. The third kappa shape index (κ3) is 5.89. The summed E-state index contributed by atoms with van der Waals surface area (Å²) in [5, 5.41) is 0.746. The normalized spacial score (nSPS) is 14.2. The van der Waals surface area contributed by atoms with E-state index in [0.717, 1.165) is 11.9 Å². The largest absolute Gasteiger partial charge is 0.368 e. The van der Waals surface area contributed by atoms with Gasteiger partial charge < -0.3 is 9.80 Å². The van der Waals surface area contributed by atoms with Gasteiger partial charge in [0.2, 0.25) is 10.0 Å². The van der Waals surface area contributed by atoms with Gasteiger partial charge in [0.15, 0.2) is 0 Å². The maximum atomic E-state index is 13.2. The van der Waals surface area contributed by atoms with Gasteiger partial charge in [0.1, 0.15) is 5.82 Å².